The molecule has 4 aliphatic carbocycles. The fourth-order valence-electron chi connectivity index (χ4n) is 9.36. The Morgan fingerprint density at radius 2 is 1.79 bits per heavy atom. The molecule has 4 saturated carbocycles. The molecule has 0 N–H and O–H groups in total. The topological polar surface area (TPSA) is 54.0 Å². The number of fused-ring (bicyclic) bond motifs is 4. The molecule has 0 aromatic rings. The highest BCUT2D eigenvalue weighted by Crippen LogP contribution is 2.73. The minimum atomic E-state index is -0.415. The first-order valence-corrected chi connectivity index (χ1v) is 11.9. The number of rotatable bonds is 1. The molecule has 29 heavy (non-hydrogen) atoms. The highest BCUT2D eigenvalue weighted by Gasteiger charge is 2.74. The zero-order valence-electron chi connectivity index (χ0n) is 18.2. The van der Waals surface area contributed by atoms with Gasteiger partial charge in [0.1, 0.15) is 0 Å². The summed E-state index contributed by atoms with van der Waals surface area (Å²) in [5, 5.41) is 0. The van der Waals surface area contributed by atoms with Crippen molar-refractivity contribution < 1.29 is 23.7 Å². The van der Waals surface area contributed by atoms with Crippen molar-refractivity contribution in [2.45, 2.75) is 77.1 Å². The molecule has 2 heterocycles. The molecule has 0 unspecified atom stereocenters. The number of carbonyl (C=O) groups excluding carboxylic acids is 1. The van der Waals surface area contributed by atoms with Gasteiger partial charge in [0.15, 0.2) is 5.79 Å². The van der Waals surface area contributed by atoms with Gasteiger partial charge in [-0.2, -0.15) is 0 Å². The fourth-order valence-corrected chi connectivity index (χ4v) is 9.36. The Labute approximate surface area is 174 Å². The molecule has 5 heteroatoms. The first-order valence-electron chi connectivity index (χ1n) is 11.9. The van der Waals surface area contributed by atoms with Crippen LogP contribution in [0.4, 0.5) is 0 Å². The maximum absolute atomic E-state index is 12.9. The molecule has 0 bridgehead atoms. The van der Waals surface area contributed by atoms with Crippen molar-refractivity contribution in [3.05, 3.63) is 0 Å². The van der Waals surface area contributed by atoms with Crippen molar-refractivity contribution in [1.82, 2.24) is 0 Å². The lowest BCUT2D eigenvalue weighted by atomic mass is 9.43. The van der Waals surface area contributed by atoms with E-state index in [1.807, 2.05) is 0 Å². The van der Waals surface area contributed by atoms with E-state index in [1.54, 1.807) is 7.11 Å². The number of carbonyl (C=O) groups is 1. The summed E-state index contributed by atoms with van der Waals surface area (Å²) in [5.74, 6) is 2.34. The molecule has 1 spiro atoms. The molecule has 2 saturated heterocycles. The molecular weight excluding hydrogens is 368 g/mol. The summed E-state index contributed by atoms with van der Waals surface area (Å²) in [6.07, 6.45) is 9.24. The van der Waals surface area contributed by atoms with Crippen LogP contribution >= 0.6 is 0 Å². The highest BCUT2D eigenvalue weighted by molar-refractivity contribution is 5.79. The zero-order valence-corrected chi connectivity index (χ0v) is 18.2. The lowest BCUT2D eigenvalue weighted by Crippen LogP contribution is -2.60. The Morgan fingerprint density at radius 1 is 1.00 bits per heavy atom. The Kier molecular flexibility index (Phi) is 3.93. The van der Waals surface area contributed by atoms with E-state index in [4.69, 9.17) is 18.9 Å². The van der Waals surface area contributed by atoms with Crippen LogP contribution in [0.15, 0.2) is 0 Å². The highest BCUT2D eigenvalue weighted by atomic mass is 16.7. The van der Waals surface area contributed by atoms with E-state index in [0.29, 0.717) is 35.7 Å². The molecule has 6 fully saturated rings. The molecule has 2 aliphatic heterocycles. The molecule has 0 aromatic carbocycles. The van der Waals surface area contributed by atoms with Gasteiger partial charge in [0.2, 0.25) is 0 Å². The van der Waals surface area contributed by atoms with Crippen LogP contribution in [0.25, 0.3) is 0 Å². The first-order chi connectivity index (χ1) is 13.9. The average Bonchev–Trinajstić information content (AvgIpc) is 3.38. The Morgan fingerprint density at radius 3 is 2.55 bits per heavy atom. The predicted octanol–water partition coefficient (Wildman–Crippen LogP) is 3.94. The minimum absolute atomic E-state index is 0.0292. The second-order valence-corrected chi connectivity index (χ2v) is 11.4. The van der Waals surface area contributed by atoms with Crippen molar-refractivity contribution in [1.29, 1.82) is 0 Å². The van der Waals surface area contributed by atoms with E-state index >= 15 is 0 Å². The number of hydrogen-bond acceptors (Lipinski definition) is 5. The third-order valence-corrected chi connectivity index (χ3v) is 11.0. The van der Waals surface area contributed by atoms with Crippen LogP contribution in [0.1, 0.15) is 65.2 Å². The Hall–Kier alpha value is -0.650. The van der Waals surface area contributed by atoms with Crippen LogP contribution in [0.2, 0.25) is 0 Å². The summed E-state index contributed by atoms with van der Waals surface area (Å²) in [5.41, 5.74) is -0.132. The van der Waals surface area contributed by atoms with Gasteiger partial charge >= 0.3 is 5.97 Å². The van der Waals surface area contributed by atoms with Crippen molar-refractivity contribution >= 4 is 5.97 Å². The van der Waals surface area contributed by atoms with E-state index in [1.165, 1.54) is 19.3 Å². The van der Waals surface area contributed by atoms with Gasteiger partial charge in [-0.1, -0.05) is 13.8 Å². The maximum Gasteiger partial charge on any atom is 0.314 e. The van der Waals surface area contributed by atoms with Gasteiger partial charge in [0, 0.05) is 18.3 Å². The second kappa shape index (κ2) is 5.98. The number of hydrogen-bond donors (Lipinski definition) is 0. The average molecular weight is 405 g/mol. The predicted molar refractivity (Wildman–Crippen MR) is 106 cm³/mol. The normalized spacial score (nSPS) is 54.7. The van der Waals surface area contributed by atoms with Gasteiger partial charge in [-0.3, -0.25) is 4.79 Å². The van der Waals surface area contributed by atoms with Crippen LogP contribution in [-0.4, -0.2) is 44.8 Å². The van der Waals surface area contributed by atoms with Gasteiger partial charge < -0.3 is 18.9 Å². The Balaban J connectivity index is 1.33. The smallest absolute Gasteiger partial charge is 0.314 e. The zero-order chi connectivity index (χ0) is 20.1. The maximum atomic E-state index is 12.9. The largest absolute Gasteiger partial charge is 0.469 e. The van der Waals surface area contributed by atoms with Crippen molar-refractivity contribution in [3.63, 3.8) is 0 Å². The van der Waals surface area contributed by atoms with Crippen LogP contribution in [0.5, 0.6) is 0 Å². The van der Waals surface area contributed by atoms with Gasteiger partial charge in [0.05, 0.1) is 38.4 Å². The molecule has 6 rings (SSSR count). The number of esters is 1. The molecule has 8 atom stereocenters. The van der Waals surface area contributed by atoms with Crippen LogP contribution in [0.3, 0.4) is 0 Å². The molecule has 6 aliphatic rings. The quantitative estimate of drug-likeness (QED) is 0.620. The molecule has 0 radical (unpaired) electrons. The Bertz CT molecular complexity index is 716. The van der Waals surface area contributed by atoms with Gasteiger partial charge in [-0.05, 0) is 67.6 Å². The van der Waals surface area contributed by atoms with E-state index < -0.39 is 5.41 Å². The standard InChI is InChI=1S/C24H36O5/c1-21-8-9-24(28-10-11-29-24)13-15(21)4-5-16-17-6-7-23(20(25)26-3)14-27-19(12-18(16)21)22(17,23)2/h15-19H,4-14H2,1-3H3/t15-,16-,17-,18-,19+,21-,22+,23+/m0/s1. The van der Waals surface area contributed by atoms with Crippen molar-refractivity contribution in [2.24, 2.45) is 39.9 Å². The third kappa shape index (κ3) is 2.15. The van der Waals surface area contributed by atoms with Gasteiger partial charge in [0.25, 0.3) is 0 Å². The second-order valence-electron chi connectivity index (χ2n) is 11.4. The minimum Gasteiger partial charge on any atom is -0.469 e. The summed E-state index contributed by atoms with van der Waals surface area (Å²) in [6.45, 7) is 6.97. The van der Waals surface area contributed by atoms with E-state index in [-0.39, 0.29) is 23.3 Å². The summed E-state index contributed by atoms with van der Waals surface area (Å²) in [7, 11) is 1.55. The summed E-state index contributed by atoms with van der Waals surface area (Å²) < 4.78 is 24.0. The lowest BCUT2D eigenvalue weighted by Gasteiger charge is -2.62. The summed E-state index contributed by atoms with van der Waals surface area (Å²) >= 11 is 0. The SMILES string of the molecule is COC(=O)[C@@]12CC[C@H]3[C@@H]4CC[C@H]5CC6(CC[C@]5(C)[C@H]4C[C@@H](OC1)[C@@]32C)OCCO6. The van der Waals surface area contributed by atoms with E-state index in [0.717, 1.165) is 45.3 Å². The summed E-state index contributed by atoms with van der Waals surface area (Å²) in [6, 6.07) is 0. The van der Waals surface area contributed by atoms with Crippen molar-refractivity contribution in [3.8, 4) is 0 Å². The molecular formula is C24H36O5. The van der Waals surface area contributed by atoms with Crippen molar-refractivity contribution in [2.75, 3.05) is 26.9 Å². The third-order valence-electron chi connectivity index (χ3n) is 11.0. The van der Waals surface area contributed by atoms with Gasteiger partial charge in [-0.15, -0.1) is 0 Å². The van der Waals surface area contributed by atoms with Crippen LogP contribution in [-0.2, 0) is 23.7 Å². The van der Waals surface area contributed by atoms with Crippen LogP contribution in [0, 0.1) is 39.9 Å². The monoisotopic (exact) mass is 404 g/mol. The molecule has 0 amide bonds. The number of methoxy groups -OCH3 is 1. The fraction of sp³-hybridized carbons (Fsp3) is 0.958. The first kappa shape index (κ1) is 19.1. The van der Waals surface area contributed by atoms with Crippen LogP contribution < -0.4 is 0 Å². The van der Waals surface area contributed by atoms with Gasteiger partial charge in [-0.25, -0.2) is 0 Å². The number of ether oxygens (including phenoxy) is 4. The lowest BCUT2D eigenvalue weighted by molar-refractivity contribution is -0.234. The summed E-state index contributed by atoms with van der Waals surface area (Å²) in [4.78, 5) is 12.9. The molecule has 0 aromatic heterocycles. The van der Waals surface area contributed by atoms with E-state index in [9.17, 15) is 4.79 Å². The molecule has 162 valence electrons. The molecule has 5 nitrogen and oxygen atoms in total. The van der Waals surface area contributed by atoms with E-state index in [2.05, 4.69) is 13.8 Å².